The summed E-state index contributed by atoms with van der Waals surface area (Å²) < 4.78 is 5.48. The Labute approximate surface area is 111 Å². The summed E-state index contributed by atoms with van der Waals surface area (Å²) in [5, 5.41) is 0. The topological polar surface area (TPSA) is 38.5 Å². The summed E-state index contributed by atoms with van der Waals surface area (Å²) in [6.45, 7) is 4.17. The molecule has 3 nitrogen and oxygen atoms in total. The molecule has 0 amide bonds. The van der Waals surface area contributed by atoms with Gasteiger partial charge in [0.15, 0.2) is 0 Å². The molecule has 2 unspecified atom stereocenters. The smallest absolute Gasteiger partial charge is 0.123 e. The van der Waals surface area contributed by atoms with Crippen LogP contribution in [0.2, 0.25) is 0 Å². The van der Waals surface area contributed by atoms with Gasteiger partial charge in [0, 0.05) is 17.6 Å². The van der Waals surface area contributed by atoms with E-state index in [9.17, 15) is 0 Å². The molecule has 0 aromatic heterocycles. The van der Waals surface area contributed by atoms with Gasteiger partial charge in [-0.2, -0.15) is 0 Å². The van der Waals surface area contributed by atoms with E-state index in [2.05, 4.69) is 45.0 Å². The van der Waals surface area contributed by atoms with E-state index in [4.69, 9.17) is 10.5 Å². The third-order valence-electron chi connectivity index (χ3n) is 3.26. The third kappa shape index (κ3) is 4.00. The van der Waals surface area contributed by atoms with Gasteiger partial charge in [0.1, 0.15) is 5.75 Å². The van der Waals surface area contributed by atoms with Crippen molar-refractivity contribution in [3.63, 3.8) is 0 Å². The van der Waals surface area contributed by atoms with Crippen molar-refractivity contribution in [2.45, 2.75) is 38.8 Å². The fourth-order valence-electron chi connectivity index (χ4n) is 2.23. The number of hydrogen-bond acceptors (Lipinski definition) is 3. The number of benzene rings is 1. The van der Waals surface area contributed by atoms with Crippen LogP contribution in [0.3, 0.4) is 0 Å². The lowest BCUT2D eigenvalue weighted by molar-refractivity contribution is 0.266. The Morgan fingerprint density at radius 3 is 2.44 bits per heavy atom. The molecular weight excluding hydrogens is 224 g/mol. The Morgan fingerprint density at radius 1 is 1.28 bits per heavy atom. The lowest BCUT2D eigenvalue weighted by atomic mass is 9.96. The average molecular weight is 250 g/mol. The van der Waals surface area contributed by atoms with Crippen LogP contribution in [0.4, 0.5) is 0 Å². The second-order valence-electron chi connectivity index (χ2n) is 5.28. The maximum absolute atomic E-state index is 5.87. The van der Waals surface area contributed by atoms with E-state index in [1.165, 1.54) is 11.1 Å². The molecule has 3 heteroatoms. The zero-order valence-electron chi connectivity index (χ0n) is 12.2. The molecule has 1 aromatic carbocycles. The van der Waals surface area contributed by atoms with Gasteiger partial charge < -0.3 is 15.4 Å². The molecule has 2 atom stereocenters. The molecule has 0 saturated heterocycles. The number of hydrogen-bond donors (Lipinski definition) is 1. The minimum Gasteiger partial charge on any atom is -0.496 e. The van der Waals surface area contributed by atoms with Crippen LogP contribution >= 0.6 is 0 Å². The summed E-state index contributed by atoms with van der Waals surface area (Å²) in [5.41, 5.74) is 8.38. The predicted molar refractivity (Wildman–Crippen MR) is 77.0 cm³/mol. The predicted octanol–water partition coefficient (Wildman–Crippen LogP) is 2.73. The molecule has 0 heterocycles. The summed E-state index contributed by atoms with van der Waals surface area (Å²) in [6.07, 6.45) is 2.06. The first-order chi connectivity index (χ1) is 8.45. The Bertz CT molecular complexity index is 375. The van der Waals surface area contributed by atoms with Crippen molar-refractivity contribution in [3.05, 3.63) is 29.3 Å². The number of methoxy groups -OCH3 is 1. The molecule has 0 aliphatic heterocycles. The second kappa shape index (κ2) is 6.76. The number of nitrogens with two attached hydrogens (primary N) is 1. The Hall–Kier alpha value is -1.06. The molecule has 2 N–H and O–H groups in total. The van der Waals surface area contributed by atoms with Crippen molar-refractivity contribution in [3.8, 4) is 5.75 Å². The van der Waals surface area contributed by atoms with Crippen LogP contribution in [0.15, 0.2) is 18.2 Å². The number of nitrogens with zero attached hydrogens (tertiary/aromatic N) is 1. The van der Waals surface area contributed by atoms with Gasteiger partial charge >= 0.3 is 0 Å². The van der Waals surface area contributed by atoms with E-state index < -0.39 is 0 Å². The van der Waals surface area contributed by atoms with E-state index in [0.29, 0.717) is 6.04 Å². The van der Waals surface area contributed by atoms with Crippen molar-refractivity contribution in [1.82, 2.24) is 4.90 Å². The normalized spacial score (nSPS) is 14.6. The zero-order valence-corrected chi connectivity index (χ0v) is 12.2. The first-order valence-corrected chi connectivity index (χ1v) is 6.52. The van der Waals surface area contributed by atoms with Gasteiger partial charge in [-0.15, -0.1) is 0 Å². The van der Waals surface area contributed by atoms with Gasteiger partial charge in [-0.3, -0.25) is 0 Å². The minimum absolute atomic E-state index is 0.239. The first-order valence-electron chi connectivity index (χ1n) is 6.52. The Balaban J connectivity index is 3.00. The minimum atomic E-state index is 0.239. The molecular formula is C15H26N2O. The van der Waals surface area contributed by atoms with E-state index in [-0.39, 0.29) is 6.04 Å². The quantitative estimate of drug-likeness (QED) is 0.843. The number of rotatable bonds is 6. The molecule has 102 valence electrons. The van der Waals surface area contributed by atoms with Crippen molar-refractivity contribution >= 4 is 0 Å². The van der Waals surface area contributed by atoms with Crippen LogP contribution in [-0.4, -0.2) is 32.1 Å². The van der Waals surface area contributed by atoms with Crippen LogP contribution in [-0.2, 0) is 0 Å². The zero-order chi connectivity index (χ0) is 13.7. The summed E-state index contributed by atoms with van der Waals surface area (Å²) >= 11 is 0. The van der Waals surface area contributed by atoms with Gasteiger partial charge in [0.05, 0.1) is 7.11 Å². The van der Waals surface area contributed by atoms with Crippen LogP contribution in [0.5, 0.6) is 5.75 Å². The highest BCUT2D eigenvalue weighted by atomic mass is 16.5. The SMILES string of the molecule is COc1ccc(C)cc1C(CCC(C)N)N(C)C. The fraction of sp³-hybridized carbons (Fsp3) is 0.600. The van der Waals surface area contributed by atoms with Crippen molar-refractivity contribution in [2.24, 2.45) is 5.73 Å². The van der Waals surface area contributed by atoms with E-state index in [1.807, 2.05) is 6.07 Å². The molecule has 0 saturated carbocycles. The summed E-state index contributed by atoms with van der Waals surface area (Å²) in [5.74, 6) is 0.962. The number of aryl methyl sites for hydroxylation is 1. The Morgan fingerprint density at radius 2 is 1.94 bits per heavy atom. The lowest BCUT2D eigenvalue weighted by Gasteiger charge is -2.27. The average Bonchev–Trinajstić information content (AvgIpc) is 2.28. The van der Waals surface area contributed by atoms with Crippen LogP contribution < -0.4 is 10.5 Å². The van der Waals surface area contributed by atoms with Gasteiger partial charge in [0.2, 0.25) is 0 Å². The molecule has 0 aliphatic rings. The van der Waals surface area contributed by atoms with Crippen molar-refractivity contribution in [1.29, 1.82) is 0 Å². The molecule has 1 aromatic rings. The van der Waals surface area contributed by atoms with E-state index in [1.54, 1.807) is 7.11 Å². The molecule has 0 bridgehead atoms. The summed E-state index contributed by atoms with van der Waals surface area (Å²) in [7, 11) is 5.94. The largest absolute Gasteiger partial charge is 0.496 e. The molecule has 18 heavy (non-hydrogen) atoms. The first kappa shape index (κ1) is 15.0. The molecule has 0 fully saturated rings. The van der Waals surface area contributed by atoms with Gasteiger partial charge in [-0.25, -0.2) is 0 Å². The highest BCUT2D eigenvalue weighted by molar-refractivity contribution is 5.39. The fourth-order valence-corrected chi connectivity index (χ4v) is 2.23. The van der Waals surface area contributed by atoms with Crippen LogP contribution in [0.1, 0.15) is 36.9 Å². The van der Waals surface area contributed by atoms with Crippen LogP contribution in [0.25, 0.3) is 0 Å². The molecule has 0 aliphatic carbocycles. The van der Waals surface area contributed by atoms with E-state index >= 15 is 0 Å². The molecule has 1 rings (SSSR count). The van der Waals surface area contributed by atoms with Crippen LogP contribution in [0, 0.1) is 6.92 Å². The lowest BCUT2D eigenvalue weighted by Crippen LogP contribution is -2.24. The van der Waals surface area contributed by atoms with Crippen molar-refractivity contribution in [2.75, 3.05) is 21.2 Å². The monoisotopic (exact) mass is 250 g/mol. The van der Waals surface area contributed by atoms with Gasteiger partial charge in [0.25, 0.3) is 0 Å². The Kier molecular flexibility index (Phi) is 5.63. The van der Waals surface area contributed by atoms with Crippen molar-refractivity contribution < 1.29 is 4.74 Å². The van der Waals surface area contributed by atoms with Gasteiger partial charge in [-0.05, 0) is 46.9 Å². The molecule has 0 spiro atoms. The van der Waals surface area contributed by atoms with E-state index in [0.717, 1.165) is 18.6 Å². The standard InChI is InChI=1S/C15H26N2O/c1-11-6-9-15(18-5)13(10-11)14(17(3)4)8-7-12(2)16/h6,9-10,12,14H,7-8,16H2,1-5H3. The highest BCUT2D eigenvalue weighted by Crippen LogP contribution is 2.32. The third-order valence-corrected chi connectivity index (χ3v) is 3.26. The highest BCUT2D eigenvalue weighted by Gasteiger charge is 2.18. The second-order valence-corrected chi connectivity index (χ2v) is 5.28. The summed E-state index contributed by atoms with van der Waals surface area (Å²) in [6, 6.07) is 6.94. The summed E-state index contributed by atoms with van der Waals surface area (Å²) in [4.78, 5) is 2.24. The number of ether oxygens (including phenoxy) is 1. The maximum atomic E-state index is 5.87. The molecule has 0 radical (unpaired) electrons. The van der Waals surface area contributed by atoms with Gasteiger partial charge in [-0.1, -0.05) is 17.7 Å². The maximum Gasteiger partial charge on any atom is 0.123 e.